The molecule has 0 unspecified atom stereocenters. The van der Waals surface area contributed by atoms with Crippen LogP contribution < -0.4 is 5.32 Å². The minimum atomic E-state index is -0.909. The third-order valence-corrected chi connectivity index (χ3v) is 4.00. The fourth-order valence-corrected chi connectivity index (χ4v) is 2.74. The molecule has 0 aliphatic rings. The number of rotatable bonds is 4. The second-order valence-corrected chi connectivity index (χ2v) is 5.72. The van der Waals surface area contributed by atoms with Gasteiger partial charge in [-0.25, -0.2) is 9.78 Å². The van der Waals surface area contributed by atoms with Crippen molar-refractivity contribution in [2.24, 2.45) is 0 Å². The first kappa shape index (κ1) is 13.5. The van der Waals surface area contributed by atoms with Crippen molar-refractivity contribution in [3.63, 3.8) is 0 Å². The lowest BCUT2D eigenvalue weighted by molar-refractivity contribution is 0.0697. The predicted molar refractivity (Wildman–Crippen MR) is 77.1 cm³/mol. The van der Waals surface area contributed by atoms with Gasteiger partial charge in [-0.05, 0) is 38.5 Å². The number of hydrogen-bond donors (Lipinski definition) is 2. The Hall–Kier alpha value is -1.88. The molecule has 100 valence electrons. The van der Waals surface area contributed by atoms with Gasteiger partial charge in [-0.15, -0.1) is 11.3 Å². The zero-order valence-corrected chi connectivity index (χ0v) is 12.0. The minimum absolute atomic E-state index is 0.297. The number of aryl methyl sites for hydroxylation is 3. The molecule has 0 saturated carbocycles. The van der Waals surface area contributed by atoms with Crippen LogP contribution >= 0.6 is 11.3 Å². The molecule has 4 nitrogen and oxygen atoms in total. The summed E-state index contributed by atoms with van der Waals surface area (Å²) >= 11 is 1.66. The Kier molecular flexibility index (Phi) is 3.85. The smallest absolute Gasteiger partial charge is 0.335 e. The Bertz CT molecular complexity index is 620. The molecule has 5 heteroatoms. The molecule has 2 aromatic rings. The number of carboxylic acid groups (broad SMARTS) is 1. The second-order valence-electron chi connectivity index (χ2n) is 4.43. The normalized spacial score (nSPS) is 10.5. The molecule has 1 aromatic carbocycles. The van der Waals surface area contributed by atoms with E-state index in [9.17, 15) is 4.79 Å². The number of nitrogens with zero attached hydrogens (tertiary/aromatic N) is 1. The van der Waals surface area contributed by atoms with Crippen LogP contribution in [0.15, 0.2) is 18.2 Å². The number of aromatic nitrogens is 1. The van der Waals surface area contributed by atoms with Crippen molar-refractivity contribution in [1.29, 1.82) is 0 Å². The molecule has 0 atom stereocenters. The van der Waals surface area contributed by atoms with Gasteiger partial charge in [-0.1, -0.05) is 6.07 Å². The molecule has 0 saturated heterocycles. The van der Waals surface area contributed by atoms with Crippen LogP contribution in [0.2, 0.25) is 0 Å². The molecule has 0 radical (unpaired) electrons. The van der Waals surface area contributed by atoms with Crippen LogP contribution in [0.1, 0.15) is 31.5 Å². The summed E-state index contributed by atoms with van der Waals surface area (Å²) in [5.41, 5.74) is 3.21. The summed E-state index contributed by atoms with van der Waals surface area (Å²) in [5.74, 6) is -0.909. The number of hydrogen-bond acceptors (Lipinski definition) is 4. The number of nitrogens with one attached hydrogen (secondary N) is 1. The van der Waals surface area contributed by atoms with Crippen LogP contribution in [-0.2, 0) is 6.54 Å². The highest BCUT2D eigenvalue weighted by Crippen LogP contribution is 2.21. The van der Waals surface area contributed by atoms with Gasteiger partial charge in [-0.3, -0.25) is 0 Å². The minimum Gasteiger partial charge on any atom is -0.478 e. The van der Waals surface area contributed by atoms with Crippen molar-refractivity contribution < 1.29 is 9.90 Å². The van der Waals surface area contributed by atoms with E-state index in [1.54, 1.807) is 23.5 Å². The van der Waals surface area contributed by atoms with E-state index in [0.717, 1.165) is 22.0 Å². The van der Waals surface area contributed by atoms with Gasteiger partial charge in [0.25, 0.3) is 0 Å². The van der Waals surface area contributed by atoms with Crippen LogP contribution in [0.4, 0.5) is 5.69 Å². The summed E-state index contributed by atoms with van der Waals surface area (Å²) in [6.07, 6.45) is 0. The molecule has 0 spiro atoms. The third kappa shape index (κ3) is 3.12. The van der Waals surface area contributed by atoms with Crippen LogP contribution in [0.25, 0.3) is 0 Å². The summed E-state index contributed by atoms with van der Waals surface area (Å²) in [6, 6.07) is 5.10. The monoisotopic (exact) mass is 276 g/mol. The van der Waals surface area contributed by atoms with E-state index in [-0.39, 0.29) is 0 Å². The Labute approximate surface area is 116 Å². The van der Waals surface area contributed by atoms with Gasteiger partial charge in [0.05, 0.1) is 22.8 Å². The topological polar surface area (TPSA) is 62.2 Å². The molecule has 1 heterocycles. The van der Waals surface area contributed by atoms with Crippen LogP contribution in [0.5, 0.6) is 0 Å². The molecule has 0 aliphatic heterocycles. The maximum Gasteiger partial charge on any atom is 0.335 e. The molecular weight excluding hydrogens is 260 g/mol. The Balaban J connectivity index is 2.17. The number of carboxylic acids is 1. The lowest BCUT2D eigenvalue weighted by Gasteiger charge is -2.09. The molecule has 2 rings (SSSR count). The standard InChI is InChI=1S/C14H16N2O2S/c1-8-4-5-11(14(17)18)6-12(8)15-7-13-9(2)16-10(3)19-13/h4-6,15H,7H2,1-3H3,(H,17,18). The van der Waals surface area contributed by atoms with Gasteiger partial charge in [0, 0.05) is 10.6 Å². The largest absolute Gasteiger partial charge is 0.478 e. The molecule has 0 aliphatic carbocycles. The van der Waals surface area contributed by atoms with Crippen LogP contribution in [-0.4, -0.2) is 16.1 Å². The maximum absolute atomic E-state index is 11.0. The highest BCUT2D eigenvalue weighted by Gasteiger charge is 2.08. The Morgan fingerprint density at radius 3 is 2.68 bits per heavy atom. The fraction of sp³-hybridized carbons (Fsp3) is 0.286. The van der Waals surface area contributed by atoms with Crippen molar-refractivity contribution in [1.82, 2.24) is 4.98 Å². The predicted octanol–water partition coefficient (Wildman–Crippen LogP) is 3.38. The first-order chi connectivity index (χ1) is 8.97. The average molecular weight is 276 g/mol. The summed E-state index contributed by atoms with van der Waals surface area (Å²) in [4.78, 5) is 16.5. The zero-order chi connectivity index (χ0) is 14.0. The Morgan fingerprint density at radius 2 is 2.11 bits per heavy atom. The summed E-state index contributed by atoms with van der Waals surface area (Å²) in [7, 11) is 0. The average Bonchev–Trinajstić information content (AvgIpc) is 2.66. The SMILES string of the molecule is Cc1nc(C)c(CNc2cc(C(=O)O)ccc2C)s1. The summed E-state index contributed by atoms with van der Waals surface area (Å²) in [5, 5.41) is 13.3. The van der Waals surface area contributed by atoms with Crippen LogP contribution in [0, 0.1) is 20.8 Å². The zero-order valence-electron chi connectivity index (χ0n) is 11.2. The van der Waals surface area contributed by atoms with Crippen molar-refractivity contribution >= 4 is 23.0 Å². The van der Waals surface area contributed by atoms with Gasteiger partial charge in [0.2, 0.25) is 0 Å². The fourth-order valence-electron chi connectivity index (χ4n) is 1.86. The van der Waals surface area contributed by atoms with E-state index >= 15 is 0 Å². The highest BCUT2D eigenvalue weighted by atomic mass is 32.1. The van der Waals surface area contributed by atoms with Gasteiger partial charge >= 0.3 is 5.97 Å². The molecule has 0 bridgehead atoms. The van der Waals surface area contributed by atoms with E-state index in [0.29, 0.717) is 12.1 Å². The number of thiazole rings is 1. The second kappa shape index (κ2) is 5.40. The molecule has 19 heavy (non-hydrogen) atoms. The molecule has 0 fully saturated rings. The lowest BCUT2D eigenvalue weighted by atomic mass is 10.1. The van der Waals surface area contributed by atoms with Gasteiger partial charge in [-0.2, -0.15) is 0 Å². The van der Waals surface area contributed by atoms with Crippen molar-refractivity contribution in [2.45, 2.75) is 27.3 Å². The maximum atomic E-state index is 11.0. The van der Waals surface area contributed by atoms with Gasteiger partial charge in [0.1, 0.15) is 0 Å². The number of aromatic carboxylic acids is 1. The van der Waals surface area contributed by atoms with E-state index in [1.807, 2.05) is 26.8 Å². The van der Waals surface area contributed by atoms with Crippen molar-refractivity contribution in [2.75, 3.05) is 5.32 Å². The Morgan fingerprint density at radius 1 is 1.37 bits per heavy atom. The molecule has 0 amide bonds. The summed E-state index contributed by atoms with van der Waals surface area (Å²) in [6.45, 7) is 6.60. The van der Waals surface area contributed by atoms with E-state index in [4.69, 9.17) is 5.11 Å². The molecular formula is C14H16N2O2S. The van der Waals surface area contributed by atoms with E-state index in [1.165, 1.54) is 4.88 Å². The number of benzene rings is 1. The summed E-state index contributed by atoms with van der Waals surface area (Å²) < 4.78 is 0. The number of anilines is 1. The van der Waals surface area contributed by atoms with Gasteiger partial charge in [0.15, 0.2) is 0 Å². The van der Waals surface area contributed by atoms with Crippen molar-refractivity contribution in [3.8, 4) is 0 Å². The molecule has 2 N–H and O–H groups in total. The lowest BCUT2D eigenvalue weighted by Crippen LogP contribution is -2.03. The first-order valence-electron chi connectivity index (χ1n) is 5.98. The van der Waals surface area contributed by atoms with Crippen molar-refractivity contribution in [3.05, 3.63) is 44.9 Å². The van der Waals surface area contributed by atoms with E-state index < -0.39 is 5.97 Å². The number of carbonyl (C=O) groups is 1. The third-order valence-electron chi connectivity index (χ3n) is 2.92. The first-order valence-corrected chi connectivity index (χ1v) is 6.79. The van der Waals surface area contributed by atoms with Crippen LogP contribution in [0.3, 0.4) is 0 Å². The highest BCUT2D eigenvalue weighted by molar-refractivity contribution is 7.11. The molecule has 1 aromatic heterocycles. The van der Waals surface area contributed by atoms with Gasteiger partial charge < -0.3 is 10.4 Å². The quantitative estimate of drug-likeness (QED) is 0.898. The van der Waals surface area contributed by atoms with E-state index in [2.05, 4.69) is 10.3 Å².